The second-order valence-corrected chi connectivity index (χ2v) is 35.2. The van der Waals surface area contributed by atoms with E-state index in [1.807, 2.05) is 69.7 Å². The number of halogens is 1. The molecule has 4 aromatic heterocycles. The SMILES string of the molecule is CC(C)(C)OC(=O)N1CCNC[C@@H]1CO[Si](C)(C)C(C)(C)C.COc1cc(-n2c(C)ccc2C)ncc1Br.COc1cc(-n2c(C)ccc2C)ncc1N1CCN(C(=O)OC(C)(C)C)[C@@H](CO[Si](C)(C)C(C)(C)C)C1. The van der Waals surface area contributed by atoms with Crippen LogP contribution in [0.1, 0.15) is 106 Å². The number of nitrogens with one attached hydrogen (secondary N) is 1. The Hall–Kier alpha value is -4.41. The van der Waals surface area contributed by atoms with E-state index in [0.717, 1.165) is 69.2 Å². The quantitative estimate of drug-likeness (QED) is 0.143. The number of amides is 2. The fraction of sp³-hybridized carbons (Fsp3) is 0.643. The van der Waals surface area contributed by atoms with Crippen LogP contribution in [0.15, 0.2) is 53.3 Å². The molecular weight excluding hydrogens is 1050 g/mol. The maximum atomic E-state index is 13.2. The highest BCUT2D eigenvalue weighted by molar-refractivity contribution is 9.10. The normalized spacial score (nSPS) is 16.9. The number of anilines is 1. The first-order valence-corrected chi connectivity index (χ1v) is 32.9. The number of nitrogens with zero attached hydrogens (tertiary/aromatic N) is 7. The highest BCUT2D eigenvalue weighted by atomic mass is 79.9. The van der Waals surface area contributed by atoms with E-state index in [9.17, 15) is 9.59 Å². The van der Waals surface area contributed by atoms with Crippen LogP contribution in [0.3, 0.4) is 0 Å². The Bertz CT molecular complexity index is 2480. The molecule has 0 saturated carbocycles. The van der Waals surface area contributed by atoms with E-state index in [1.54, 1.807) is 20.4 Å². The molecule has 75 heavy (non-hydrogen) atoms. The molecule has 16 nitrogen and oxygen atoms in total. The predicted molar refractivity (Wildman–Crippen MR) is 312 cm³/mol. The summed E-state index contributed by atoms with van der Waals surface area (Å²) >= 11 is 3.39. The van der Waals surface area contributed by atoms with Crippen molar-refractivity contribution in [1.82, 2.24) is 34.2 Å². The van der Waals surface area contributed by atoms with Crippen LogP contribution >= 0.6 is 15.9 Å². The molecule has 0 unspecified atom stereocenters. The van der Waals surface area contributed by atoms with E-state index < -0.39 is 27.8 Å². The summed E-state index contributed by atoms with van der Waals surface area (Å²) in [5.74, 6) is 3.25. The van der Waals surface area contributed by atoms with Crippen LogP contribution in [0.25, 0.3) is 11.6 Å². The lowest BCUT2D eigenvalue weighted by molar-refractivity contribution is 0.00522. The van der Waals surface area contributed by atoms with Crippen LogP contribution in [0.4, 0.5) is 15.3 Å². The van der Waals surface area contributed by atoms with E-state index in [1.165, 1.54) is 0 Å². The number of piperazine rings is 2. The van der Waals surface area contributed by atoms with Crippen molar-refractivity contribution < 1.29 is 37.4 Å². The number of aromatic nitrogens is 4. The first-order valence-electron chi connectivity index (χ1n) is 26.3. The van der Waals surface area contributed by atoms with Crippen molar-refractivity contribution >= 4 is 50.4 Å². The lowest BCUT2D eigenvalue weighted by Gasteiger charge is -2.44. The third-order valence-corrected chi connectivity index (χ3v) is 24.0. The second-order valence-electron chi connectivity index (χ2n) is 24.7. The topological polar surface area (TPSA) is 147 Å². The van der Waals surface area contributed by atoms with Crippen LogP contribution in [-0.4, -0.2) is 148 Å². The van der Waals surface area contributed by atoms with Gasteiger partial charge in [0.25, 0.3) is 0 Å². The van der Waals surface area contributed by atoms with Gasteiger partial charge in [0, 0.05) is 80.4 Å². The Kier molecular flexibility index (Phi) is 21.4. The number of rotatable bonds is 11. The smallest absolute Gasteiger partial charge is 0.410 e. The van der Waals surface area contributed by atoms with E-state index in [-0.39, 0.29) is 34.3 Å². The Labute approximate surface area is 460 Å². The average molecular weight is 1140 g/mol. The first kappa shape index (κ1) is 63.1. The van der Waals surface area contributed by atoms with Crippen LogP contribution in [0.2, 0.25) is 36.3 Å². The summed E-state index contributed by atoms with van der Waals surface area (Å²) in [4.78, 5) is 40.6. The molecule has 0 bridgehead atoms. The zero-order chi connectivity index (χ0) is 56.6. The van der Waals surface area contributed by atoms with Gasteiger partial charge in [-0.1, -0.05) is 41.5 Å². The Balaban J connectivity index is 0.000000270. The lowest BCUT2D eigenvalue weighted by atomic mass is 10.1. The molecule has 6 rings (SSSR count). The van der Waals surface area contributed by atoms with Crippen molar-refractivity contribution in [2.75, 3.05) is 71.6 Å². The molecule has 0 aliphatic carbocycles. The molecule has 19 heteroatoms. The van der Waals surface area contributed by atoms with E-state index in [0.29, 0.717) is 39.4 Å². The number of hydrogen-bond acceptors (Lipinski definition) is 12. The Morgan fingerprint density at radius 3 is 1.47 bits per heavy atom. The van der Waals surface area contributed by atoms with Crippen LogP contribution in [0.5, 0.6) is 11.5 Å². The number of carbonyl (C=O) groups is 2. The van der Waals surface area contributed by atoms with Gasteiger partial charge in [0.1, 0.15) is 34.3 Å². The highest BCUT2D eigenvalue weighted by Gasteiger charge is 2.42. The Morgan fingerprint density at radius 1 is 0.627 bits per heavy atom. The summed E-state index contributed by atoms with van der Waals surface area (Å²) < 4.78 is 40.3. The zero-order valence-electron chi connectivity index (χ0n) is 49.7. The summed E-state index contributed by atoms with van der Waals surface area (Å²) in [6.45, 7) is 47.0. The standard InChI is InChI=1S/C28H46N4O4Si.C16H34N2O3Si.C12H13BrN2O/c1-20-12-13-21(2)32(20)25-16-24(34-9)23(17-29-25)30-14-15-31(26(33)36-27(3,4)5)22(18-30)19-35-37(10,11)28(6,7)8;1-15(2,3)21-14(19)18-10-9-17-11-13(18)12-20-22(7,8)16(4,5)6;1-8-4-5-9(2)15(8)12-6-11(16-3)10(13)7-14-12/h12-13,16-17,22H,14-15,18-19H2,1-11H3;13,17H,9-12H2,1-8H3;4-7H,1-3H3/t22-;13-;/m11./s1. The molecule has 6 heterocycles. The van der Waals surface area contributed by atoms with Crippen LogP contribution in [0, 0.1) is 27.7 Å². The molecule has 2 atom stereocenters. The molecule has 2 aliphatic heterocycles. The van der Waals surface area contributed by atoms with Gasteiger partial charge in [-0.15, -0.1) is 0 Å². The minimum Gasteiger partial charge on any atom is -0.495 e. The number of aryl methyl sites for hydroxylation is 4. The van der Waals surface area contributed by atoms with E-state index >= 15 is 0 Å². The number of methoxy groups -OCH3 is 2. The van der Waals surface area contributed by atoms with Crippen molar-refractivity contribution in [3.8, 4) is 23.1 Å². The molecule has 0 radical (unpaired) electrons. The van der Waals surface area contributed by atoms with Crippen molar-refractivity contribution in [3.05, 3.63) is 76.0 Å². The van der Waals surface area contributed by atoms with E-state index in [4.69, 9.17) is 32.8 Å². The fourth-order valence-corrected chi connectivity index (χ4v) is 10.4. The molecule has 1 N–H and O–H groups in total. The molecule has 0 spiro atoms. The highest BCUT2D eigenvalue weighted by Crippen LogP contribution is 2.39. The van der Waals surface area contributed by atoms with Crippen molar-refractivity contribution in [2.45, 2.75) is 170 Å². The molecule has 4 aromatic rings. The summed E-state index contributed by atoms with van der Waals surface area (Å²) in [5, 5.41) is 3.60. The van der Waals surface area contributed by atoms with Crippen LogP contribution in [-0.2, 0) is 18.3 Å². The van der Waals surface area contributed by atoms with Gasteiger partial charge in [0.2, 0.25) is 0 Å². The van der Waals surface area contributed by atoms with Gasteiger partial charge < -0.3 is 52.1 Å². The van der Waals surface area contributed by atoms with Gasteiger partial charge in [0.05, 0.1) is 55.9 Å². The number of ether oxygens (including phenoxy) is 4. The molecule has 2 fully saturated rings. The summed E-state index contributed by atoms with van der Waals surface area (Å²) in [6.07, 6.45) is 3.10. The molecule has 0 aromatic carbocycles. The maximum absolute atomic E-state index is 13.2. The molecule has 2 amide bonds. The van der Waals surface area contributed by atoms with Crippen molar-refractivity contribution in [3.63, 3.8) is 0 Å². The van der Waals surface area contributed by atoms with Crippen molar-refractivity contribution in [2.24, 2.45) is 0 Å². The third-order valence-electron chi connectivity index (χ3n) is 14.4. The first-order chi connectivity index (χ1) is 34.5. The summed E-state index contributed by atoms with van der Waals surface area (Å²) in [5.41, 5.74) is 4.45. The lowest BCUT2D eigenvalue weighted by Crippen LogP contribution is -2.59. The van der Waals surface area contributed by atoms with E-state index in [2.05, 4.69) is 160 Å². The fourth-order valence-electron chi connectivity index (χ4n) is 7.98. The summed E-state index contributed by atoms with van der Waals surface area (Å²) in [6, 6.07) is 12.1. The third kappa shape index (κ3) is 17.3. The number of pyridine rings is 2. The van der Waals surface area contributed by atoms with Gasteiger partial charge in [-0.2, -0.15) is 0 Å². The number of hydrogen-bond donors (Lipinski definition) is 1. The monoisotopic (exact) mass is 1140 g/mol. The van der Waals surface area contributed by atoms with Crippen LogP contribution < -0.4 is 19.7 Å². The summed E-state index contributed by atoms with van der Waals surface area (Å²) in [7, 11) is -0.472. The molecule has 420 valence electrons. The van der Waals surface area contributed by atoms with Gasteiger partial charge in [-0.3, -0.25) is 4.90 Å². The zero-order valence-corrected chi connectivity index (χ0v) is 53.3. The Morgan fingerprint density at radius 2 is 1.04 bits per heavy atom. The average Bonchev–Trinajstić information content (AvgIpc) is 3.83. The second kappa shape index (κ2) is 25.4. The molecule has 2 saturated heterocycles. The van der Waals surface area contributed by atoms with Gasteiger partial charge >= 0.3 is 12.2 Å². The van der Waals surface area contributed by atoms with Gasteiger partial charge in [-0.25, -0.2) is 19.6 Å². The van der Waals surface area contributed by atoms with Gasteiger partial charge in [-0.05, 0) is 146 Å². The van der Waals surface area contributed by atoms with Crippen molar-refractivity contribution in [1.29, 1.82) is 0 Å². The maximum Gasteiger partial charge on any atom is 0.410 e. The predicted octanol–water partition coefficient (Wildman–Crippen LogP) is 12.4. The molecular formula is C56H93BrN8O8Si2. The largest absolute Gasteiger partial charge is 0.495 e. The minimum absolute atomic E-state index is 0.0396. The van der Waals surface area contributed by atoms with Gasteiger partial charge in [0.15, 0.2) is 16.6 Å². The minimum atomic E-state index is -2.01. The number of carbonyl (C=O) groups excluding carboxylic acids is 2. The molecule has 2 aliphatic rings.